The predicted octanol–water partition coefficient (Wildman–Crippen LogP) is 0.166. The van der Waals surface area contributed by atoms with Crippen LogP contribution in [0.25, 0.3) is 0 Å². The van der Waals surface area contributed by atoms with Crippen LogP contribution in [-0.4, -0.2) is 26.9 Å². The lowest BCUT2D eigenvalue weighted by Crippen LogP contribution is -2.35. The predicted molar refractivity (Wildman–Crippen MR) is 72.9 cm³/mol. The molecule has 0 saturated carbocycles. The Morgan fingerprint density at radius 3 is 2.89 bits per heavy atom. The summed E-state index contributed by atoms with van der Waals surface area (Å²) in [5, 5.41) is 10.9. The molecule has 19 heavy (non-hydrogen) atoms. The van der Waals surface area contributed by atoms with Gasteiger partial charge in [0.25, 0.3) is 0 Å². The van der Waals surface area contributed by atoms with Gasteiger partial charge in [-0.25, -0.2) is 13.6 Å². The van der Waals surface area contributed by atoms with E-state index in [0.29, 0.717) is 11.3 Å². The van der Waals surface area contributed by atoms with Gasteiger partial charge in [0.2, 0.25) is 15.9 Å². The number of primary sulfonamides is 1. The minimum atomic E-state index is -3.56. The molecule has 2 rings (SSSR count). The highest BCUT2D eigenvalue weighted by molar-refractivity contribution is 7.88. The molecular formula is C12H17N3O3S. The van der Waals surface area contributed by atoms with E-state index in [1.807, 2.05) is 0 Å². The van der Waals surface area contributed by atoms with E-state index < -0.39 is 10.0 Å². The van der Waals surface area contributed by atoms with E-state index in [-0.39, 0.29) is 17.7 Å². The van der Waals surface area contributed by atoms with Gasteiger partial charge in [-0.2, -0.15) is 0 Å². The number of carbonyl (C=O) groups excluding carboxylic acids is 1. The number of sulfonamides is 1. The van der Waals surface area contributed by atoms with Crippen LogP contribution in [0.4, 0.5) is 5.69 Å². The molecular weight excluding hydrogens is 266 g/mol. The normalized spacial score (nSPS) is 19.3. The van der Waals surface area contributed by atoms with E-state index >= 15 is 0 Å². The SMILES string of the molecule is NS(=O)(=O)Cc1cccc(NC(=O)C2CCCN2)c1. The number of benzene rings is 1. The molecule has 0 spiro atoms. The van der Waals surface area contributed by atoms with Crippen LogP contribution in [0.2, 0.25) is 0 Å². The van der Waals surface area contributed by atoms with E-state index in [1.165, 1.54) is 0 Å². The highest BCUT2D eigenvalue weighted by atomic mass is 32.2. The topological polar surface area (TPSA) is 101 Å². The first-order valence-electron chi connectivity index (χ1n) is 6.08. The number of hydrogen-bond donors (Lipinski definition) is 3. The molecule has 4 N–H and O–H groups in total. The van der Waals surface area contributed by atoms with Gasteiger partial charge in [0.15, 0.2) is 0 Å². The summed E-state index contributed by atoms with van der Waals surface area (Å²) in [4.78, 5) is 11.9. The number of anilines is 1. The molecule has 1 aromatic rings. The number of hydrogen-bond acceptors (Lipinski definition) is 4. The number of rotatable bonds is 4. The lowest BCUT2D eigenvalue weighted by Gasteiger charge is -2.11. The number of nitrogens with two attached hydrogens (primary N) is 1. The number of amides is 1. The van der Waals surface area contributed by atoms with Gasteiger partial charge in [0, 0.05) is 5.69 Å². The van der Waals surface area contributed by atoms with Crippen LogP contribution < -0.4 is 15.8 Å². The zero-order valence-corrected chi connectivity index (χ0v) is 11.2. The first-order chi connectivity index (χ1) is 8.94. The van der Waals surface area contributed by atoms with Gasteiger partial charge in [-0.1, -0.05) is 12.1 Å². The van der Waals surface area contributed by atoms with Crippen molar-refractivity contribution in [2.75, 3.05) is 11.9 Å². The van der Waals surface area contributed by atoms with E-state index in [1.54, 1.807) is 24.3 Å². The molecule has 1 aromatic carbocycles. The van der Waals surface area contributed by atoms with E-state index in [4.69, 9.17) is 5.14 Å². The Hall–Kier alpha value is -1.44. The van der Waals surface area contributed by atoms with Crippen LogP contribution in [-0.2, 0) is 20.6 Å². The van der Waals surface area contributed by atoms with Gasteiger partial charge in [-0.05, 0) is 37.1 Å². The summed E-state index contributed by atoms with van der Waals surface area (Å²) in [7, 11) is -3.56. The monoisotopic (exact) mass is 283 g/mol. The Morgan fingerprint density at radius 2 is 2.26 bits per heavy atom. The minimum Gasteiger partial charge on any atom is -0.325 e. The average Bonchev–Trinajstić information content (AvgIpc) is 2.80. The number of carbonyl (C=O) groups is 1. The molecule has 0 aliphatic carbocycles. The quantitative estimate of drug-likeness (QED) is 0.733. The summed E-state index contributed by atoms with van der Waals surface area (Å²) in [6.45, 7) is 0.851. The average molecular weight is 283 g/mol. The molecule has 6 nitrogen and oxygen atoms in total. The molecule has 104 valence electrons. The third-order valence-corrected chi connectivity index (χ3v) is 3.67. The molecule has 7 heteroatoms. The van der Waals surface area contributed by atoms with Crippen molar-refractivity contribution >= 4 is 21.6 Å². The van der Waals surface area contributed by atoms with E-state index in [2.05, 4.69) is 10.6 Å². The van der Waals surface area contributed by atoms with Crippen molar-refractivity contribution in [2.24, 2.45) is 5.14 Å². The van der Waals surface area contributed by atoms with Crippen LogP contribution in [0.5, 0.6) is 0 Å². The molecule has 1 unspecified atom stereocenters. The summed E-state index contributed by atoms with van der Waals surface area (Å²) in [6, 6.07) is 6.53. The van der Waals surface area contributed by atoms with Crippen LogP contribution >= 0.6 is 0 Å². The molecule has 1 heterocycles. The van der Waals surface area contributed by atoms with Crippen molar-refractivity contribution in [1.29, 1.82) is 0 Å². The second-order valence-corrected chi connectivity index (χ2v) is 6.26. The first kappa shape index (κ1) is 14.0. The third-order valence-electron chi connectivity index (χ3n) is 2.94. The molecule has 0 radical (unpaired) electrons. The molecule has 1 saturated heterocycles. The maximum Gasteiger partial charge on any atom is 0.241 e. The van der Waals surface area contributed by atoms with Gasteiger partial charge in [0.05, 0.1) is 11.8 Å². The second-order valence-electron chi connectivity index (χ2n) is 4.65. The lowest BCUT2D eigenvalue weighted by molar-refractivity contribution is -0.117. The van der Waals surface area contributed by atoms with Gasteiger partial charge in [0.1, 0.15) is 0 Å². The number of nitrogens with one attached hydrogen (secondary N) is 2. The van der Waals surface area contributed by atoms with Crippen LogP contribution in [0.3, 0.4) is 0 Å². The fourth-order valence-corrected chi connectivity index (χ4v) is 2.75. The van der Waals surface area contributed by atoms with Crippen molar-refractivity contribution < 1.29 is 13.2 Å². The standard InChI is InChI=1S/C12H17N3O3S/c13-19(17,18)8-9-3-1-4-10(7-9)15-12(16)11-5-2-6-14-11/h1,3-4,7,11,14H,2,5-6,8H2,(H,15,16)(H2,13,17,18). The highest BCUT2D eigenvalue weighted by Gasteiger charge is 2.21. The zero-order valence-electron chi connectivity index (χ0n) is 10.4. The third kappa shape index (κ3) is 4.30. The molecule has 1 fully saturated rings. The molecule has 1 aliphatic heterocycles. The Balaban J connectivity index is 2.04. The maximum atomic E-state index is 11.9. The summed E-state index contributed by atoms with van der Waals surface area (Å²) < 4.78 is 22.0. The Kier molecular flexibility index (Phi) is 4.18. The van der Waals surface area contributed by atoms with Gasteiger partial charge >= 0.3 is 0 Å². The molecule has 1 aliphatic rings. The summed E-state index contributed by atoms with van der Waals surface area (Å²) in [5.74, 6) is -0.330. The van der Waals surface area contributed by atoms with Gasteiger partial charge in [-0.3, -0.25) is 4.79 Å². The minimum absolute atomic E-state index is 0.0924. The molecule has 0 aromatic heterocycles. The molecule has 1 atom stereocenters. The fourth-order valence-electron chi connectivity index (χ4n) is 2.11. The summed E-state index contributed by atoms with van der Waals surface area (Å²) in [5.41, 5.74) is 1.14. The van der Waals surface area contributed by atoms with Crippen molar-refractivity contribution in [3.8, 4) is 0 Å². The second kappa shape index (κ2) is 5.68. The lowest BCUT2D eigenvalue weighted by atomic mass is 10.2. The Labute approximate surface area is 112 Å². The smallest absolute Gasteiger partial charge is 0.241 e. The van der Waals surface area contributed by atoms with Gasteiger partial charge in [-0.15, -0.1) is 0 Å². The largest absolute Gasteiger partial charge is 0.325 e. The first-order valence-corrected chi connectivity index (χ1v) is 7.79. The van der Waals surface area contributed by atoms with E-state index in [9.17, 15) is 13.2 Å². The summed E-state index contributed by atoms with van der Waals surface area (Å²) >= 11 is 0. The van der Waals surface area contributed by atoms with Crippen molar-refractivity contribution in [3.63, 3.8) is 0 Å². The van der Waals surface area contributed by atoms with Crippen LogP contribution in [0.15, 0.2) is 24.3 Å². The van der Waals surface area contributed by atoms with Crippen molar-refractivity contribution in [2.45, 2.75) is 24.6 Å². The zero-order chi connectivity index (χ0) is 13.9. The molecule has 0 bridgehead atoms. The maximum absolute atomic E-state index is 11.9. The molecule has 1 amide bonds. The van der Waals surface area contributed by atoms with Crippen molar-refractivity contribution in [1.82, 2.24) is 5.32 Å². The fraction of sp³-hybridized carbons (Fsp3) is 0.417. The van der Waals surface area contributed by atoms with Crippen LogP contribution in [0.1, 0.15) is 18.4 Å². The van der Waals surface area contributed by atoms with Gasteiger partial charge < -0.3 is 10.6 Å². The van der Waals surface area contributed by atoms with Crippen molar-refractivity contribution in [3.05, 3.63) is 29.8 Å². The Bertz CT molecular complexity index is 565. The van der Waals surface area contributed by atoms with E-state index in [0.717, 1.165) is 19.4 Å². The summed E-state index contributed by atoms with van der Waals surface area (Å²) in [6.07, 6.45) is 1.81. The highest BCUT2D eigenvalue weighted by Crippen LogP contribution is 2.14. The van der Waals surface area contributed by atoms with Crippen LogP contribution in [0, 0.1) is 0 Å². The Morgan fingerprint density at radius 1 is 1.47 bits per heavy atom.